The van der Waals surface area contributed by atoms with Crippen molar-refractivity contribution in [3.63, 3.8) is 0 Å². The van der Waals surface area contributed by atoms with Crippen LogP contribution in [-0.4, -0.2) is 26.4 Å². The van der Waals surface area contributed by atoms with Gasteiger partial charge in [-0.05, 0) is 18.2 Å². The SMILES string of the molecule is COc1ccc(OC2CCOCC2)c(CBr)c1. The van der Waals surface area contributed by atoms with Crippen LogP contribution in [0, 0.1) is 0 Å². The van der Waals surface area contributed by atoms with Crippen LogP contribution in [-0.2, 0) is 10.1 Å². The predicted molar refractivity (Wildman–Crippen MR) is 70.1 cm³/mol. The first kappa shape index (κ1) is 12.7. The standard InChI is InChI=1S/C13H17BrO3/c1-15-12-2-3-13(10(8-12)9-14)17-11-4-6-16-7-5-11/h2-3,8,11H,4-7,9H2,1H3. The van der Waals surface area contributed by atoms with Crippen molar-refractivity contribution in [3.05, 3.63) is 23.8 Å². The predicted octanol–water partition coefficient (Wildman–Crippen LogP) is 3.15. The van der Waals surface area contributed by atoms with Crippen molar-refractivity contribution in [3.8, 4) is 11.5 Å². The van der Waals surface area contributed by atoms with Gasteiger partial charge in [-0.15, -0.1) is 0 Å². The third-order valence-corrected chi connectivity index (χ3v) is 3.48. The molecule has 1 aliphatic rings. The summed E-state index contributed by atoms with van der Waals surface area (Å²) < 4.78 is 16.5. The lowest BCUT2D eigenvalue weighted by atomic mass is 10.1. The van der Waals surface area contributed by atoms with Crippen LogP contribution in [0.4, 0.5) is 0 Å². The number of ether oxygens (including phenoxy) is 3. The van der Waals surface area contributed by atoms with Crippen LogP contribution in [0.25, 0.3) is 0 Å². The van der Waals surface area contributed by atoms with E-state index in [4.69, 9.17) is 14.2 Å². The molecule has 0 aromatic heterocycles. The van der Waals surface area contributed by atoms with E-state index in [1.807, 2.05) is 18.2 Å². The molecular weight excluding hydrogens is 284 g/mol. The zero-order valence-electron chi connectivity index (χ0n) is 9.95. The Morgan fingerprint density at radius 2 is 2.12 bits per heavy atom. The summed E-state index contributed by atoms with van der Waals surface area (Å²) in [6.45, 7) is 1.59. The van der Waals surface area contributed by atoms with Crippen LogP contribution in [0.5, 0.6) is 11.5 Å². The lowest BCUT2D eigenvalue weighted by molar-refractivity contribution is 0.0252. The van der Waals surface area contributed by atoms with Gasteiger partial charge in [-0.2, -0.15) is 0 Å². The van der Waals surface area contributed by atoms with Crippen molar-refractivity contribution in [2.75, 3.05) is 20.3 Å². The smallest absolute Gasteiger partial charge is 0.124 e. The van der Waals surface area contributed by atoms with Gasteiger partial charge >= 0.3 is 0 Å². The van der Waals surface area contributed by atoms with Gasteiger partial charge in [-0.3, -0.25) is 0 Å². The molecule has 0 atom stereocenters. The van der Waals surface area contributed by atoms with E-state index < -0.39 is 0 Å². The molecule has 0 bridgehead atoms. The van der Waals surface area contributed by atoms with E-state index in [0.717, 1.165) is 48.4 Å². The Balaban J connectivity index is 2.08. The number of halogens is 1. The van der Waals surface area contributed by atoms with Crippen LogP contribution >= 0.6 is 15.9 Å². The van der Waals surface area contributed by atoms with E-state index in [1.165, 1.54) is 0 Å². The van der Waals surface area contributed by atoms with E-state index in [0.29, 0.717) is 0 Å². The van der Waals surface area contributed by atoms with E-state index in [1.54, 1.807) is 7.11 Å². The molecule has 0 saturated carbocycles. The minimum absolute atomic E-state index is 0.273. The Morgan fingerprint density at radius 3 is 2.76 bits per heavy atom. The molecule has 17 heavy (non-hydrogen) atoms. The summed E-state index contributed by atoms with van der Waals surface area (Å²) in [7, 11) is 1.67. The summed E-state index contributed by atoms with van der Waals surface area (Å²) in [6.07, 6.45) is 2.21. The third kappa shape index (κ3) is 3.36. The number of alkyl halides is 1. The van der Waals surface area contributed by atoms with Gasteiger partial charge in [0.15, 0.2) is 0 Å². The fourth-order valence-corrected chi connectivity index (χ4v) is 2.31. The van der Waals surface area contributed by atoms with Crippen molar-refractivity contribution in [2.45, 2.75) is 24.3 Å². The minimum atomic E-state index is 0.273. The molecule has 1 fully saturated rings. The highest BCUT2D eigenvalue weighted by Gasteiger charge is 2.16. The minimum Gasteiger partial charge on any atom is -0.497 e. The topological polar surface area (TPSA) is 27.7 Å². The quantitative estimate of drug-likeness (QED) is 0.800. The second-order valence-corrected chi connectivity index (χ2v) is 4.60. The summed E-state index contributed by atoms with van der Waals surface area (Å²) >= 11 is 3.48. The highest BCUT2D eigenvalue weighted by atomic mass is 79.9. The van der Waals surface area contributed by atoms with E-state index in [9.17, 15) is 0 Å². The fraction of sp³-hybridized carbons (Fsp3) is 0.538. The average Bonchev–Trinajstić information content (AvgIpc) is 2.40. The molecule has 0 spiro atoms. The average molecular weight is 301 g/mol. The van der Waals surface area contributed by atoms with Crippen LogP contribution in [0.3, 0.4) is 0 Å². The van der Waals surface area contributed by atoms with E-state index >= 15 is 0 Å². The molecule has 1 aromatic rings. The normalized spacial score (nSPS) is 16.8. The zero-order valence-corrected chi connectivity index (χ0v) is 11.5. The molecule has 0 amide bonds. The maximum atomic E-state index is 6.01. The largest absolute Gasteiger partial charge is 0.497 e. The highest BCUT2D eigenvalue weighted by molar-refractivity contribution is 9.08. The van der Waals surface area contributed by atoms with Crippen molar-refractivity contribution < 1.29 is 14.2 Å². The molecule has 0 radical (unpaired) electrons. The third-order valence-electron chi connectivity index (χ3n) is 2.87. The van der Waals surface area contributed by atoms with Crippen molar-refractivity contribution in [1.29, 1.82) is 0 Å². The Labute approximate surface area is 110 Å². The molecule has 1 saturated heterocycles. The van der Waals surface area contributed by atoms with Gasteiger partial charge in [0.1, 0.15) is 17.6 Å². The van der Waals surface area contributed by atoms with Gasteiger partial charge in [0.2, 0.25) is 0 Å². The molecular formula is C13H17BrO3. The first-order chi connectivity index (χ1) is 8.33. The number of rotatable bonds is 4. The molecule has 1 aromatic carbocycles. The van der Waals surface area contributed by atoms with Gasteiger partial charge in [0.25, 0.3) is 0 Å². The Bertz CT molecular complexity index is 362. The van der Waals surface area contributed by atoms with Crippen LogP contribution in [0.1, 0.15) is 18.4 Å². The summed E-state index contributed by atoms with van der Waals surface area (Å²) in [4.78, 5) is 0. The fourth-order valence-electron chi connectivity index (χ4n) is 1.88. The summed E-state index contributed by atoms with van der Waals surface area (Å²) in [5.41, 5.74) is 1.12. The summed E-state index contributed by atoms with van der Waals surface area (Å²) in [5, 5.41) is 0.767. The second kappa shape index (κ2) is 6.26. The second-order valence-electron chi connectivity index (χ2n) is 4.04. The van der Waals surface area contributed by atoms with Gasteiger partial charge in [0.05, 0.1) is 20.3 Å². The summed E-state index contributed by atoms with van der Waals surface area (Å²) in [6, 6.07) is 5.91. The number of hydrogen-bond acceptors (Lipinski definition) is 3. The Hall–Kier alpha value is -0.740. The Morgan fingerprint density at radius 1 is 1.35 bits per heavy atom. The first-order valence-electron chi connectivity index (χ1n) is 5.80. The molecule has 2 rings (SSSR count). The Kier molecular flexibility index (Phi) is 4.68. The van der Waals surface area contributed by atoms with Crippen molar-refractivity contribution >= 4 is 15.9 Å². The molecule has 1 heterocycles. The van der Waals surface area contributed by atoms with Gasteiger partial charge < -0.3 is 14.2 Å². The zero-order chi connectivity index (χ0) is 12.1. The molecule has 4 heteroatoms. The van der Waals surface area contributed by atoms with Crippen LogP contribution in [0.15, 0.2) is 18.2 Å². The van der Waals surface area contributed by atoms with Gasteiger partial charge in [0, 0.05) is 23.7 Å². The molecule has 94 valence electrons. The maximum Gasteiger partial charge on any atom is 0.124 e. The molecule has 1 aliphatic heterocycles. The number of methoxy groups -OCH3 is 1. The van der Waals surface area contributed by atoms with Crippen molar-refractivity contribution in [1.82, 2.24) is 0 Å². The monoisotopic (exact) mass is 300 g/mol. The molecule has 0 N–H and O–H groups in total. The van der Waals surface area contributed by atoms with Gasteiger partial charge in [-0.1, -0.05) is 15.9 Å². The first-order valence-corrected chi connectivity index (χ1v) is 6.93. The van der Waals surface area contributed by atoms with E-state index in [2.05, 4.69) is 15.9 Å². The lowest BCUT2D eigenvalue weighted by Gasteiger charge is -2.24. The molecule has 0 aliphatic carbocycles. The highest BCUT2D eigenvalue weighted by Crippen LogP contribution is 2.28. The van der Waals surface area contributed by atoms with Crippen molar-refractivity contribution in [2.24, 2.45) is 0 Å². The number of hydrogen-bond donors (Lipinski definition) is 0. The van der Waals surface area contributed by atoms with E-state index in [-0.39, 0.29) is 6.10 Å². The molecule has 3 nitrogen and oxygen atoms in total. The van der Waals surface area contributed by atoms with Crippen LogP contribution < -0.4 is 9.47 Å². The summed E-state index contributed by atoms with van der Waals surface area (Å²) in [5.74, 6) is 1.80. The molecule has 0 unspecified atom stereocenters. The maximum absolute atomic E-state index is 6.01. The number of benzene rings is 1. The lowest BCUT2D eigenvalue weighted by Crippen LogP contribution is -2.26. The van der Waals surface area contributed by atoms with Crippen LogP contribution in [0.2, 0.25) is 0 Å². The van der Waals surface area contributed by atoms with Gasteiger partial charge in [-0.25, -0.2) is 0 Å².